The molecule has 0 atom stereocenters. The van der Waals surface area contributed by atoms with E-state index in [1.807, 2.05) is 0 Å². The first-order valence-corrected chi connectivity index (χ1v) is 4.92. The van der Waals surface area contributed by atoms with Crippen molar-refractivity contribution < 1.29 is 26.5 Å². The first-order valence-electron chi connectivity index (χ1n) is 4.92. The molecule has 0 aliphatic carbocycles. The highest BCUT2D eigenvalue weighted by Crippen LogP contribution is 2.30. The van der Waals surface area contributed by atoms with Gasteiger partial charge in [-0.1, -0.05) is 5.16 Å². The number of alkyl halides is 3. The number of hydrogen-bond acceptors (Lipinski definition) is 4. The quantitative estimate of drug-likeness (QED) is 0.865. The third-order valence-corrected chi connectivity index (χ3v) is 2.27. The van der Waals surface area contributed by atoms with E-state index in [1.165, 1.54) is 0 Å². The van der Waals surface area contributed by atoms with Crippen LogP contribution in [0.2, 0.25) is 0 Å². The van der Waals surface area contributed by atoms with Gasteiger partial charge in [0.05, 0.1) is 0 Å². The molecule has 0 bridgehead atoms. The van der Waals surface area contributed by atoms with Crippen molar-refractivity contribution in [2.45, 2.75) is 12.7 Å². The van der Waals surface area contributed by atoms with E-state index in [4.69, 9.17) is 5.73 Å². The molecular formula is C10H7ClF5N3O. The Labute approximate surface area is 115 Å². The average Bonchev–Trinajstić information content (AvgIpc) is 2.77. The number of nitrogens with zero attached hydrogens (tertiary/aromatic N) is 2. The fourth-order valence-electron chi connectivity index (χ4n) is 1.38. The van der Waals surface area contributed by atoms with Crippen LogP contribution in [0, 0.1) is 11.6 Å². The molecule has 0 radical (unpaired) electrons. The van der Waals surface area contributed by atoms with Crippen molar-refractivity contribution in [2.75, 3.05) is 0 Å². The number of benzene rings is 1. The van der Waals surface area contributed by atoms with Crippen LogP contribution >= 0.6 is 12.4 Å². The molecule has 0 saturated heterocycles. The van der Waals surface area contributed by atoms with Gasteiger partial charge in [-0.2, -0.15) is 18.2 Å². The van der Waals surface area contributed by atoms with Crippen molar-refractivity contribution in [2.24, 2.45) is 5.73 Å². The lowest BCUT2D eigenvalue weighted by atomic mass is 10.1. The zero-order valence-electron chi connectivity index (χ0n) is 9.54. The molecular weight excluding hydrogens is 309 g/mol. The first kappa shape index (κ1) is 16.3. The summed E-state index contributed by atoms with van der Waals surface area (Å²) in [5, 5.41) is 3.02. The number of hydrogen-bond donors (Lipinski definition) is 1. The molecule has 1 aromatic carbocycles. The minimum absolute atomic E-state index is 0. The Balaban J connectivity index is 0.00000200. The Morgan fingerprint density at radius 3 is 2.10 bits per heavy atom. The van der Waals surface area contributed by atoms with E-state index >= 15 is 0 Å². The van der Waals surface area contributed by atoms with E-state index in [1.54, 1.807) is 0 Å². The van der Waals surface area contributed by atoms with Crippen molar-refractivity contribution in [3.63, 3.8) is 0 Å². The van der Waals surface area contributed by atoms with Crippen LogP contribution in [-0.2, 0) is 12.7 Å². The molecule has 0 unspecified atom stereocenters. The van der Waals surface area contributed by atoms with Gasteiger partial charge in [-0.05, 0) is 12.1 Å². The van der Waals surface area contributed by atoms with Crippen LogP contribution < -0.4 is 5.73 Å². The molecule has 110 valence electrons. The molecule has 0 aliphatic rings. The van der Waals surface area contributed by atoms with Crippen molar-refractivity contribution in [1.29, 1.82) is 0 Å². The standard InChI is InChI=1S/C10H6F5N3O.ClH/c11-6-1-4(2-7(12)5(6)3-16)8-17-9(19-18-8)10(13,14)15;/h1-2H,3,16H2;1H. The molecule has 0 amide bonds. The van der Waals surface area contributed by atoms with Crippen LogP contribution in [0.3, 0.4) is 0 Å². The zero-order valence-corrected chi connectivity index (χ0v) is 10.4. The highest BCUT2D eigenvalue weighted by molar-refractivity contribution is 5.85. The Morgan fingerprint density at radius 2 is 1.70 bits per heavy atom. The number of halogens is 6. The Kier molecular flexibility index (Phi) is 4.66. The Bertz CT molecular complexity index is 590. The maximum absolute atomic E-state index is 13.4. The molecule has 20 heavy (non-hydrogen) atoms. The van der Waals surface area contributed by atoms with Gasteiger partial charge in [0.25, 0.3) is 0 Å². The van der Waals surface area contributed by atoms with E-state index in [0.717, 1.165) is 12.1 Å². The van der Waals surface area contributed by atoms with Crippen molar-refractivity contribution in [3.8, 4) is 11.4 Å². The first-order chi connectivity index (χ1) is 8.82. The summed E-state index contributed by atoms with van der Waals surface area (Å²) in [5.74, 6) is -4.13. The van der Waals surface area contributed by atoms with Crippen LogP contribution in [0.25, 0.3) is 11.4 Å². The highest BCUT2D eigenvalue weighted by Gasteiger charge is 2.38. The van der Waals surface area contributed by atoms with Gasteiger partial charge in [0.15, 0.2) is 0 Å². The van der Waals surface area contributed by atoms with Crippen LogP contribution in [0.1, 0.15) is 11.5 Å². The maximum atomic E-state index is 13.4. The lowest BCUT2D eigenvalue weighted by Crippen LogP contribution is -2.05. The van der Waals surface area contributed by atoms with Crippen molar-refractivity contribution in [1.82, 2.24) is 10.1 Å². The fourth-order valence-corrected chi connectivity index (χ4v) is 1.38. The predicted octanol–water partition coefficient (Wildman–Crippen LogP) is 2.91. The summed E-state index contributed by atoms with van der Waals surface area (Å²) in [4.78, 5) is 3.02. The second kappa shape index (κ2) is 5.71. The predicted molar refractivity (Wildman–Crippen MR) is 59.8 cm³/mol. The second-order valence-corrected chi connectivity index (χ2v) is 3.54. The largest absolute Gasteiger partial charge is 0.471 e. The molecule has 1 aromatic heterocycles. The number of nitrogens with two attached hydrogens (primary N) is 1. The zero-order chi connectivity index (χ0) is 14.2. The Hall–Kier alpha value is -1.74. The van der Waals surface area contributed by atoms with E-state index in [0.29, 0.717) is 0 Å². The van der Waals surface area contributed by atoms with E-state index in [2.05, 4.69) is 14.7 Å². The average molecular weight is 316 g/mol. The minimum Gasteiger partial charge on any atom is -0.329 e. The number of rotatable bonds is 2. The Morgan fingerprint density at radius 1 is 1.15 bits per heavy atom. The molecule has 0 aliphatic heterocycles. The molecule has 0 saturated carbocycles. The lowest BCUT2D eigenvalue weighted by molar-refractivity contribution is -0.159. The second-order valence-electron chi connectivity index (χ2n) is 3.54. The lowest BCUT2D eigenvalue weighted by Gasteiger charge is -2.03. The van der Waals surface area contributed by atoms with Gasteiger partial charge in [-0.3, -0.25) is 0 Å². The van der Waals surface area contributed by atoms with Crippen molar-refractivity contribution >= 4 is 12.4 Å². The van der Waals surface area contributed by atoms with Gasteiger partial charge in [-0.15, -0.1) is 12.4 Å². The van der Waals surface area contributed by atoms with Gasteiger partial charge >= 0.3 is 12.1 Å². The molecule has 0 spiro atoms. The topological polar surface area (TPSA) is 64.9 Å². The fraction of sp³-hybridized carbons (Fsp3) is 0.200. The van der Waals surface area contributed by atoms with Gasteiger partial charge in [0.2, 0.25) is 5.82 Å². The smallest absolute Gasteiger partial charge is 0.329 e. The monoisotopic (exact) mass is 315 g/mol. The summed E-state index contributed by atoms with van der Waals surface area (Å²) in [6, 6.07) is 1.58. The summed E-state index contributed by atoms with van der Waals surface area (Å²) < 4.78 is 67.5. The van der Waals surface area contributed by atoms with Crippen LogP contribution in [0.15, 0.2) is 16.7 Å². The third-order valence-electron chi connectivity index (χ3n) is 2.27. The molecule has 0 fully saturated rings. The summed E-state index contributed by atoms with van der Waals surface area (Å²) in [5.41, 5.74) is 4.48. The summed E-state index contributed by atoms with van der Waals surface area (Å²) in [6.07, 6.45) is -4.82. The van der Waals surface area contributed by atoms with Crippen LogP contribution in [0.5, 0.6) is 0 Å². The molecule has 2 aromatic rings. The van der Waals surface area contributed by atoms with Gasteiger partial charge in [0.1, 0.15) is 11.6 Å². The normalized spacial score (nSPS) is 11.3. The van der Waals surface area contributed by atoms with E-state index in [9.17, 15) is 22.0 Å². The molecule has 10 heteroatoms. The molecule has 4 nitrogen and oxygen atoms in total. The van der Waals surface area contributed by atoms with E-state index in [-0.39, 0.29) is 30.1 Å². The summed E-state index contributed by atoms with van der Waals surface area (Å²) in [6.45, 7) is -0.377. The van der Waals surface area contributed by atoms with Gasteiger partial charge < -0.3 is 10.3 Å². The maximum Gasteiger partial charge on any atom is 0.471 e. The molecule has 2 N–H and O–H groups in total. The molecule has 1 heterocycles. The third kappa shape index (κ3) is 3.05. The summed E-state index contributed by atoms with van der Waals surface area (Å²) >= 11 is 0. The molecule has 2 rings (SSSR count). The SMILES string of the molecule is Cl.NCc1c(F)cc(-c2noc(C(F)(F)F)n2)cc1F. The van der Waals surface area contributed by atoms with Crippen LogP contribution in [-0.4, -0.2) is 10.1 Å². The van der Waals surface area contributed by atoms with Gasteiger partial charge in [-0.25, -0.2) is 8.78 Å². The summed E-state index contributed by atoms with van der Waals surface area (Å²) in [7, 11) is 0. The van der Waals surface area contributed by atoms with Crippen molar-refractivity contribution in [3.05, 3.63) is 35.2 Å². The number of aromatic nitrogens is 2. The van der Waals surface area contributed by atoms with Gasteiger partial charge in [0, 0.05) is 17.7 Å². The van der Waals surface area contributed by atoms with E-state index < -0.39 is 29.5 Å². The van der Waals surface area contributed by atoms with Crippen LogP contribution in [0.4, 0.5) is 22.0 Å². The highest BCUT2D eigenvalue weighted by atomic mass is 35.5. The minimum atomic E-state index is -4.82.